The van der Waals surface area contributed by atoms with Gasteiger partial charge in [-0.3, -0.25) is 24.6 Å². The molecular weight excluding hydrogens is 544 g/mol. The summed E-state index contributed by atoms with van der Waals surface area (Å²) in [5.41, 5.74) is 3.33. The lowest BCUT2D eigenvalue weighted by atomic mass is 9.76. The highest BCUT2D eigenvalue weighted by molar-refractivity contribution is 6.31. The van der Waals surface area contributed by atoms with Crippen LogP contribution < -0.4 is 20.1 Å². The summed E-state index contributed by atoms with van der Waals surface area (Å²) in [5, 5.41) is 8.02. The fraction of sp³-hybridized carbons (Fsp3) is 0.258. The van der Waals surface area contributed by atoms with E-state index in [4.69, 9.17) is 21.1 Å². The maximum Gasteiger partial charge on any atom is 0.250 e. The van der Waals surface area contributed by atoms with Crippen LogP contribution in [0.1, 0.15) is 22.3 Å². The fourth-order valence-electron chi connectivity index (χ4n) is 7.18. The minimum atomic E-state index is -1.43. The van der Waals surface area contributed by atoms with Gasteiger partial charge in [0.25, 0.3) is 0 Å². The highest BCUT2D eigenvalue weighted by Crippen LogP contribution is 2.54. The minimum absolute atomic E-state index is 0.0697. The maximum absolute atomic E-state index is 14.3. The van der Waals surface area contributed by atoms with Crippen molar-refractivity contribution < 1.29 is 23.9 Å². The molecular formula is C31H25ClN4O5. The van der Waals surface area contributed by atoms with E-state index in [1.54, 1.807) is 24.3 Å². The van der Waals surface area contributed by atoms with Crippen molar-refractivity contribution in [3.8, 4) is 11.5 Å². The molecule has 8 rings (SSSR count). The number of carbonyl (C=O) groups excluding carboxylic acids is 3. The molecule has 3 amide bonds. The van der Waals surface area contributed by atoms with Crippen molar-refractivity contribution in [2.45, 2.75) is 31.5 Å². The van der Waals surface area contributed by atoms with Crippen LogP contribution in [0.2, 0.25) is 5.02 Å². The fourth-order valence-corrected chi connectivity index (χ4v) is 7.46. The Morgan fingerprint density at radius 3 is 2.73 bits per heavy atom. The summed E-state index contributed by atoms with van der Waals surface area (Å²) < 4.78 is 10.9. The Bertz CT molecular complexity index is 1820. The number of ether oxygens (including phenoxy) is 2. The summed E-state index contributed by atoms with van der Waals surface area (Å²) in [6.07, 6.45) is 2.38. The Balaban J connectivity index is 1.23. The van der Waals surface area contributed by atoms with Crippen LogP contribution >= 0.6 is 11.6 Å². The lowest BCUT2D eigenvalue weighted by Gasteiger charge is -2.29. The summed E-state index contributed by atoms with van der Waals surface area (Å²) in [6, 6.07) is 16.4. The first kappa shape index (κ1) is 24.5. The maximum atomic E-state index is 14.3. The van der Waals surface area contributed by atoms with Crippen LogP contribution in [0, 0.1) is 18.8 Å². The topological polar surface area (TPSA) is 113 Å². The molecule has 2 saturated heterocycles. The van der Waals surface area contributed by atoms with Gasteiger partial charge in [0.05, 0.1) is 18.4 Å². The van der Waals surface area contributed by atoms with Crippen LogP contribution in [0.4, 0.5) is 5.69 Å². The molecule has 3 N–H and O–H groups in total. The number of fused-ring (bicyclic) bond motifs is 6. The van der Waals surface area contributed by atoms with Gasteiger partial charge in [0.1, 0.15) is 5.54 Å². The Morgan fingerprint density at radius 1 is 1.02 bits per heavy atom. The van der Waals surface area contributed by atoms with E-state index in [0.29, 0.717) is 34.2 Å². The van der Waals surface area contributed by atoms with Gasteiger partial charge in [-0.15, -0.1) is 0 Å². The number of aryl methyl sites for hydroxylation is 1. The molecule has 4 aliphatic rings. The number of nitrogens with one attached hydrogen (secondary N) is 3. The molecule has 0 saturated carbocycles. The predicted octanol–water partition coefficient (Wildman–Crippen LogP) is 4.02. The van der Waals surface area contributed by atoms with Gasteiger partial charge in [-0.1, -0.05) is 35.9 Å². The predicted molar refractivity (Wildman–Crippen MR) is 151 cm³/mol. The smallest absolute Gasteiger partial charge is 0.250 e. The van der Waals surface area contributed by atoms with E-state index < -0.39 is 23.4 Å². The van der Waals surface area contributed by atoms with Crippen LogP contribution in [0.5, 0.6) is 11.5 Å². The van der Waals surface area contributed by atoms with Crippen LogP contribution in [0.3, 0.4) is 0 Å². The van der Waals surface area contributed by atoms with Gasteiger partial charge in [0.2, 0.25) is 24.5 Å². The molecule has 0 bridgehead atoms. The van der Waals surface area contributed by atoms with E-state index in [2.05, 4.69) is 15.6 Å². The molecule has 4 aliphatic heterocycles. The van der Waals surface area contributed by atoms with Crippen molar-refractivity contribution in [1.82, 2.24) is 15.2 Å². The zero-order valence-corrected chi connectivity index (χ0v) is 22.7. The number of hydrogen-bond donors (Lipinski definition) is 3. The molecule has 4 aromatic rings. The number of hydrogen-bond acceptors (Lipinski definition) is 6. The molecule has 3 aromatic carbocycles. The first-order valence-corrected chi connectivity index (χ1v) is 13.9. The molecule has 0 unspecified atom stereocenters. The summed E-state index contributed by atoms with van der Waals surface area (Å²) in [7, 11) is 0. The number of nitrogens with zero attached hydrogens (tertiary/aromatic N) is 1. The van der Waals surface area contributed by atoms with Gasteiger partial charge in [-0.05, 0) is 60.4 Å². The molecule has 1 aromatic heterocycles. The number of aromatic nitrogens is 1. The number of imide groups is 1. The van der Waals surface area contributed by atoms with Crippen molar-refractivity contribution in [2.24, 2.45) is 11.8 Å². The van der Waals surface area contributed by atoms with E-state index in [9.17, 15) is 14.4 Å². The molecule has 5 heterocycles. The Labute approximate surface area is 239 Å². The standard InChI is InChI=1S/C31H25ClN4O5/c1-15-8-18(32)11-20-27(15)34-30(39)31(20)26-25(22(35-31)10-17-12-33-21-5-3-2-4-19(17)21)28(37)36(29(26)38)13-16-6-7-23-24(9-16)41-14-40-23/h2-9,11-12,22,25-26,33,35H,10,13-14H2,1H3,(H,34,39)/t22-,25+,26+,31+/m0/s1. The number of anilines is 1. The number of benzene rings is 3. The number of carbonyl (C=O) groups is 3. The molecule has 206 valence electrons. The van der Waals surface area contributed by atoms with E-state index in [1.165, 1.54) is 4.90 Å². The first-order valence-electron chi connectivity index (χ1n) is 13.5. The Hall–Kier alpha value is -4.34. The molecule has 4 atom stereocenters. The number of rotatable bonds is 4. The van der Waals surface area contributed by atoms with Gasteiger partial charge in [-0.2, -0.15) is 0 Å². The molecule has 9 nitrogen and oxygen atoms in total. The average molecular weight is 569 g/mol. The SMILES string of the molecule is Cc1cc(Cl)cc2c1NC(=O)[C@@]21N[C@@H](Cc2c[nH]c3ccccc23)[C@H]2C(=O)N(Cc3ccc4c(c3)OCO4)C(=O)[C@@H]21. The largest absolute Gasteiger partial charge is 0.454 e. The van der Waals surface area contributed by atoms with Crippen LogP contribution in [0.15, 0.2) is 60.8 Å². The van der Waals surface area contributed by atoms with E-state index in [1.807, 2.05) is 43.5 Å². The van der Waals surface area contributed by atoms with Crippen LogP contribution in [-0.2, 0) is 32.9 Å². The highest BCUT2D eigenvalue weighted by Gasteiger charge is 2.70. The molecule has 41 heavy (non-hydrogen) atoms. The zero-order valence-electron chi connectivity index (χ0n) is 22.0. The number of amides is 3. The van der Waals surface area contributed by atoms with E-state index >= 15 is 0 Å². The quantitative estimate of drug-likeness (QED) is 0.321. The van der Waals surface area contributed by atoms with Crippen molar-refractivity contribution >= 4 is 45.9 Å². The van der Waals surface area contributed by atoms with E-state index in [0.717, 1.165) is 27.6 Å². The van der Waals surface area contributed by atoms with Crippen molar-refractivity contribution in [3.05, 3.63) is 88.1 Å². The molecule has 10 heteroatoms. The number of para-hydroxylation sites is 1. The van der Waals surface area contributed by atoms with Gasteiger partial charge in [0, 0.05) is 39.4 Å². The van der Waals surface area contributed by atoms with E-state index in [-0.39, 0.29) is 31.1 Å². The Morgan fingerprint density at radius 2 is 1.85 bits per heavy atom. The third-order valence-corrected chi connectivity index (χ3v) is 9.19. The second-order valence-corrected chi connectivity index (χ2v) is 11.6. The van der Waals surface area contributed by atoms with Crippen LogP contribution in [-0.4, -0.2) is 40.4 Å². The summed E-state index contributed by atoms with van der Waals surface area (Å²) in [5.74, 6) is -1.51. The highest BCUT2D eigenvalue weighted by atomic mass is 35.5. The van der Waals surface area contributed by atoms with Gasteiger partial charge in [0.15, 0.2) is 11.5 Å². The monoisotopic (exact) mass is 568 g/mol. The summed E-state index contributed by atoms with van der Waals surface area (Å²) in [4.78, 5) is 47.0. The third-order valence-electron chi connectivity index (χ3n) is 8.97. The second kappa shape index (κ2) is 8.58. The number of H-pyrrole nitrogens is 1. The lowest BCUT2D eigenvalue weighted by Crippen LogP contribution is -2.53. The average Bonchev–Trinajstić information content (AvgIpc) is 3.75. The van der Waals surface area contributed by atoms with Crippen molar-refractivity contribution in [3.63, 3.8) is 0 Å². The van der Waals surface area contributed by atoms with Gasteiger partial charge < -0.3 is 19.8 Å². The first-order chi connectivity index (χ1) is 19.8. The van der Waals surface area contributed by atoms with Crippen molar-refractivity contribution in [1.29, 1.82) is 0 Å². The molecule has 1 spiro atoms. The summed E-state index contributed by atoms with van der Waals surface area (Å²) in [6.45, 7) is 2.07. The minimum Gasteiger partial charge on any atom is -0.454 e. The van der Waals surface area contributed by atoms with Gasteiger partial charge >= 0.3 is 0 Å². The summed E-state index contributed by atoms with van der Waals surface area (Å²) >= 11 is 6.49. The molecule has 2 fully saturated rings. The normalized spacial score (nSPS) is 25.9. The second-order valence-electron chi connectivity index (χ2n) is 11.2. The number of aromatic amines is 1. The number of halogens is 1. The Kier molecular flexibility index (Phi) is 5.12. The third kappa shape index (κ3) is 3.36. The molecule has 0 aliphatic carbocycles. The van der Waals surface area contributed by atoms with Gasteiger partial charge in [-0.25, -0.2) is 0 Å². The van der Waals surface area contributed by atoms with Crippen molar-refractivity contribution in [2.75, 3.05) is 12.1 Å². The lowest BCUT2D eigenvalue weighted by molar-refractivity contribution is -0.143. The number of likely N-dealkylation sites (tertiary alicyclic amines) is 1. The van der Waals surface area contributed by atoms with Crippen LogP contribution in [0.25, 0.3) is 10.9 Å². The molecule has 0 radical (unpaired) electrons. The zero-order chi connectivity index (χ0) is 28.0.